The molecule has 10 heteroatoms. The number of rotatable bonds is 8. The number of pyridine rings is 1. The second kappa shape index (κ2) is 11.2. The molecule has 1 amide bonds. The molecule has 0 aliphatic carbocycles. The summed E-state index contributed by atoms with van der Waals surface area (Å²) in [6, 6.07) is 1.96. The summed E-state index contributed by atoms with van der Waals surface area (Å²) in [5.74, 6) is 0.473. The van der Waals surface area contributed by atoms with Gasteiger partial charge in [0.15, 0.2) is 6.29 Å². The van der Waals surface area contributed by atoms with Gasteiger partial charge >= 0.3 is 0 Å². The number of likely N-dealkylation sites (N-methyl/N-ethyl adjacent to an activating group) is 2. The monoisotopic (exact) mass is 488 g/mol. The number of aldehydes is 1. The highest BCUT2D eigenvalue weighted by Gasteiger charge is 2.23. The Morgan fingerprint density at radius 2 is 1.94 bits per heavy atom. The van der Waals surface area contributed by atoms with Gasteiger partial charge in [-0.05, 0) is 46.7 Å². The van der Waals surface area contributed by atoms with Gasteiger partial charge in [-0.2, -0.15) is 0 Å². The number of amides is 1. The van der Waals surface area contributed by atoms with Crippen LogP contribution in [0.2, 0.25) is 5.02 Å². The lowest BCUT2D eigenvalue weighted by Gasteiger charge is -2.33. The Balaban J connectivity index is 1.75. The standard InChI is InChI=1S/C24H33ClN6O3/c1-24(2,3)31(5)21(33)14-30(4)13-20-17(15-32)10-16(11-26-20)22-19(25)12-27-23(29-22)28-18-6-8-34-9-7-18/h10-12,15,18H,6-9,13-14H2,1-5H3,(H,27,28,29). The zero-order valence-corrected chi connectivity index (χ0v) is 21.2. The molecule has 0 aromatic carbocycles. The highest BCUT2D eigenvalue weighted by Crippen LogP contribution is 2.27. The number of carbonyl (C=O) groups excluding carboxylic acids is 2. The van der Waals surface area contributed by atoms with Crippen molar-refractivity contribution in [3.05, 3.63) is 34.7 Å². The van der Waals surface area contributed by atoms with E-state index in [9.17, 15) is 9.59 Å². The number of hydrogen-bond acceptors (Lipinski definition) is 8. The van der Waals surface area contributed by atoms with E-state index in [0.717, 1.165) is 19.1 Å². The second-order valence-corrected chi connectivity index (χ2v) is 10.0. The summed E-state index contributed by atoms with van der Waals surface area (Å²) in [4.78, 5) is 41.3. The van der Waals surface area contributed by atoms with Crippen LogP contribution in [0.25, 0.3) is 11.3 Å². The van der Waals surface area contributed by atoms with Crippen LogP contribution >= 0.6 is 11.6 Å². The minimum absolute atomic E-state index is 0.00315. The van der Waals surface area contributed by atoms with Crippen molar-refractivity contribution in [2.45, 2.75) is 51.7 Å². The third-order valence-electron chi connectivity index (χ3n) is 5.91. The quantitative estimate of drug-likeness (QED) is 0.565. The molecule has 34 heavy (non-hydrogen) atoms. The molecule has 0 saturated carbocycles. The number of carbonyl (C=O) groups is 2. The Morgan fingerprint density at radius 1 is 1.24 bits per heavy atom. The summed E-state index contributed by atoms with van der Waals surface area (Å²) < 4.78 is 5.39. The highest BCUT2D eigenvalue weighted by molar-refractivity contribution is 6.32. The van der Waals surface area contributed by atoms with Crippen LogP contribution < -0.4 is 5.32 Å². The van der Waals surface area contributed by atoms with Crippen molar-refractivity contribution in [2.75, 3.05) is 39.2 Å². The lowest BCUT2D eigenvalue weighted by Crippen LogP contribution is -2.46. The summed E-state index contributed by atoms with van der Waals surface area (Å²) in [7, 11) is 3.62. The topological polar surface area (TPSA) is 101 Å². The van der Waals surface area contributed by atoms with E-state index in [1.165, 1.54) is 0 Å². The average molecular weight is 489 g/mol. The lowest BCUT2D eigenvalue weighted by atomic mass is 10.1. The Hall–Kier alpha value is -2.62. The van der Waals surface area contributed by atoms with Crippen LogP contribution in [0.3, 0.4) is 0 Å². The van der Waals surface area contributed by atoms with Crippen molar-refractivity contribution in [1.29, 1.82) is 0 Å². The van der Waals surface area contributed by atoms with Gasteiger partial charge in [-0.15, -0.1) is 0 Å². The van der Waals surface area contributed by atoms with Crippen LogP contribution in [-0.2, 0) is 16.1 Å². The van der Waals surface area contributed by atoms with Crippen molar-refractivity contribution in [3.63, 3.8) is 0 Å². The Morgan fingerprint density at radius 3 is 2.59 bits per heavy atom. The predicted octanol–water partition coefficient (Wildman–Crippen LogP) is 3.28. The van der Waals surface area contributed by atoms with Gasteiger partial charge in [0.1, 0.15) is 0 Å². The van der Waals surface area contributed by atoms with Gasteiger partial charge in [-0.25, -0.2) is 9.97 Å². The average Bonchev–Trinajstić information content (AvgIpc) is 2.80. The number of ether oxygens (including phenoxy) is 1. The summed E-state index contributed by atoms with van der Waals surface area (Å²) in [5, 5.41) is 3.70. The molecule has 0 atom stereocenters. The Bertz CT molecular complexity index is 1020. The molecule has 2 aromatic rings. The number of anilines is 1. The smallest absolute Gasteiger partial charge is 0.236 e. The molecule has 0 radical (unpaired) electrons. The maximum Gasteiger partial charge on any atom is 0.236 e. The molecule has 9 nitrogen and oxygen atoms in total. The van der Waals surface area contributed by atoms with Crippen LogP contribution in [0.1, 0.15) is 49.7 Å². The minimum atomic E-state index is -0.263. The highest BCUT2D eigenvalue weighted by atomic mass is 35.5. The van der Waals surface area contributed by atoms with E-state index in [4.69, 9.17) is 16.3 Å². The van der Waals surface area contributed by atoms with Crippen molar-refractivity contribution in [1.82, 2.24) is 24.8 Å². The molecule has 0 unspecified atom stereocenters. The molecule has 1 aliphatic heterocycles. The summed E-state index contributed by atoms with van der Waals surface area (Å²) in [6.45, 7) is 7.94. The maximum absolute atomic E-state index is 12.5. The number of nitrogens with zero attached hydrogens (tertiary/aromatic N) is 5. The lowest BCUT2D eigenvalue weighted by molar-refractivity contribution is -0.135. The van der Waals surface area contributed by atoms with Gasteiger partial charge in [0, 0.05) is 55.7 Å². The normalized spacial score (nSPS) is 14.8. The molecule has 0 spiro atoms. The largest absolute Gasteiger partial charge is 0.381 e. The zero-order chi connectivity index (χ0) is 24.9. The first kappa shape index (κ1) is 26.0. The van der Waals surface area contributed by atoms with Gasteiger partial charge in [0.2, 0.25) is 11.9 Å². The van der Waals surface area contributed by atoms with E-state index >= 15 is 0 Å². The predicted molar refractivity (Wildman–Crippen MR) is 132 cm³/mol. The fourth-order valence-corrected chi connectivity index (χ4v) is 3.76. The number of nitrogens with one attached hydrogen (secondary N) is 1. The molecule has 1 N–H and O–H groups in total. The van der Waals surface area contributed by atoms with Crippen LogP contribution in [0, 0.1) is 0 Å². The Kier molecular flexibility index (Phi) is 8.57. The van der Waals surface area contributed by atoms with Gasteiger partial charge in [-0.3, -0.25) is 19.5 Å². The first-order chi connectivity index (χ1) is 16.1. The van der Waals surface area contributed by atoms with Crippen molar-refractivity contribution < 1.29 is 14.3 Å². The fraction of sp³-hybridized carbons (Fsp3) is 0.542. The molecular formula is C24H33ClN6O3. The summed E-state index contributed by atoms with van der Waals surface area (Å²) in [6.07, 6.45) is 5.72. The van der Waals surface area contributed by atoms with Crippen molar-refractivity contribution in [2.24, 2.45) is 0 Å². The van der Waals surface area contributed by atoms with Gasteiger partial charge in [-0.1, -0.05) is 11.6 Å². The maximum atomic E-state index is 12.5. The molecule has 1 saturated heterocycles. The zero-order valence-electron chi connectivity index (χ0n) is 20.5. The third kappa shape index (κ3) is 6.71. The first-order valence-corrected chi connectivity index (χ1v) is 11.7. The van der Waals surface area contributed by atoms with E-state index in [0.29, 0.717) is 53.2 Å². The molecule has 3 heterocycles. The Labute approximate surface area is 205 Å². The first-order valence-electron chi connectivity index (χ1n) is 11.3. The van der Waals surface area contributed by atoms with Crippen molar-refractivity contribution in [3.8, 4) is 11.3 Å². The molecule has 184 valence electrons. The summed E-state index contributed by atoms with van der Waals surface area (Å²) >= 11 is 6.38. The SMILES string of the molecule is CN(CC(=O)N(C)C(C)(C)C)Cc1ncc(-c2nc(NC3CCOCC3)ncc2Cl)cc1C=O. The summed E-state index contributed by atoms with van der Waals surface area (Å²) in [5.41, 5.74) is 1.87. The van der Waals surface area contributed by atoms with Crippen LogP contribution in [0.4, 0.5) is 5.95 Å². The molecule has 1 aliphatic rings. The molecule has 1 fully saturated rings. The van der Waals surface area contributed by atoms with E-state index in [2.05, 4.69) is 20.3 Å². The van der Waals surface area contributed by atoms with E-state index in [-0.39, 0.29) is 24.0 Å². The minimum Gasteiger partial charge on any atom is -0.381 e. The fourth-order valence-electron chi connectivity index (χ4n) is 3.56. The van der Waals surface area contributed by atoms with Gasteiger partial charge in [0.05, 0.1) is 29.2 Å². The van der Waals surface area contributed by atoms with E-state index in [1.54, 1.807) is 30.4 Å². The van der Waals surface area contributed by atoms with E-state index in [1.807, 2.05) is 32.7 Å². The molecule has 0 bridgehead atoms. The second-order valence-electron chi connectivity index (χ2n) is 9.59. The third-order valence-corrected chi connectivity index (χ3v) is 6.18. The van der Waals surface area contributed by atoms with E-state index < -0.39 is 0 Å². The molecular weight excluding hydrogens is 456 g/mol. The number of hydrogen-bond donors (Lipinski definition) is 1. The van der Waals surface area contributed by atoms with Crippen molar-refractivity contribution >= 4 is 29.7 Å². The number of halogens is 1. The van der Waals surface area contributed by atoms with Crippen LogP contribution in [0.15, 0.2) is 18.5 Å². The van der Waals surface area contributed by atoms with Gasteiger partial charge < -0.3 is 15.0 Å². The van der Waals surface area contributed by atoms with Crippen LogP contribution in [0.5, 0.6) is 0 Å². The number of aromatic nitrogens is 3. The molecule has 2 aromatic heterocycles. The van der Waals surface area contributed by atoms with Gasteiger partial charge in [0.25, 0.3) is 0 Å². The molecule has 3 rings (SSSR count). The van der Waals surface area contributed by atoms with Crippen LogP contribution in [-0.4, -0.2) is 82.4 Å².